The molecule has 1 saturated carbocycles. The van der Waals surface area contributed by atoms with E-state index in [0.717, 1.165) is 24.2 Å². The number of hydrogen-bond donors (Lipinski definition) is 1. The zero-order chi connectivity index (χ0) is 15.6. The van der Waals surface area contributed by atoms with Crippen LogP contribution in [0.2, 0.25) is 5.02 Å². The monoisotopic (exact) mass is 313 g/mol. The summed E-state index contributed by atoms with van der Waals surface area (Å²) in [6.45, 7) is 1.91. The molecular formula is C16H28ClN3O. The lowest BCUT2D eigenvalue weighted by Gasteiger charge is -2.43. The third-order valence-electron chi connectivity index (χ3n) is 5.13. The third kappa shape index (κ3) is 3.27. The molecular weight excluding hydrogens is 286 g/mol. The Morgan fingerprint density at radius 3 is 2.29 bits per heavy atom. The molecule has 4 nitrogen and oxygen atoms in total. The van der Waals surface area contributed by atoms with E-state index in [4.69, 9.17) is 11.6 Å². The van der Waals surface area contributed by atoms with E-state index in [2.05, 4.69) is 24.1 Å². The summed E-state index contributed by atoms with van der Waals surface area (Å²) in [5.74, 6) is 0. The standard InChI is InChI=1S/C16H28ClN3O/c1-12-15(17)13(20(4)18-12)11-14(21)16(19(2)3)9-7-5-6-8-10-16/h14,21H,5-11H2,1-4H3. The van der Waals surface area contributed by atoms with E-state index in [-0.39, 0.29) is 5.54 Å². The highest BCUT2D eigenvalue weighted by Gasteiger charge is 2.40. The molecule has 1 aromatic heterocycles. The van der Waals surface area contributed by atoms with Gasteiger partial charge in [-0.2, -0.15) is 5.10 Å². The van der Waals surface area contributed by atoms with Gasteiger partial charge in [-0.3, -0.25) is 4.68 Å². The number of likely N-dealkylation sites (N-methyl/N-ethyl adjacent to an activating group) is 1. The molecule has 5 heteroatoms. The molecule has 0 aromatic carbocycles. The molecule has 1 fully saturated rings. The Balaban J connectivity index is 2.24. The highest BCUT2D eigenvalue weighted by molar-refractivity contribution is 6.31. The average Bonchev–Trinajstić information content (AvgIpc) is 2.66. The fourth-order valence-corrected chi connectivity index (χ4v) is 3.93. The second kappa shape index (κ2) is 6.67. The molecule has 1 aliphatic carbocycles. The van der Waals surface area contributed by atoms with E-state index in [1.54, 1.807) is 4.68 Å². The first-order chi connectivity index (χ1) is 9.88. The summed E-state index contributed by atoms with van der Waals surface area (Å²) in [6, 6.07) is 0. The van der Waals surface area contributed by atoms with Gasteiger partial charge in [-0.15, -0.1) is 0 Å². The zero-order valence-corrected chi connectivity index (χ0v) is 14.4. The number of aromatic nitrogens is 2. The third-order valence-corrected chi connectivity index (χ3v) is 5.62. The van der Waals surface area contributed by atoms with Gasteiger partial charge in [0, 0.05) is 19.0 Å². The summed E-state index contributed by atoms with van der Waals surface area (Å²) in [7, 11) is 6.08. The predicted octanol–water partition coefficient (Wildman–Crippen LogP) is 2.94. The van der Waals surface area contributed by atoms with Crippen LogP contribution in [0.25, 0.3) is 0 Å². The SMILES string of the molecule is Cc1nn(C)c(CC(O)C2(N(C)C)CCCCCC2)c1Cl. The van der Waals surface area contributed by atoms with Gasteiger partial charge < -0.3 is 10.0 Å². The fraction of sp³-hybridized carbons (Fsp3) is 0.812. The van der Waals surface area contributed by atoms with Crippen LogP contribution in [0.5, 0.6) is 0 Å². The molecule has 0 saturated heterocycles. The highest BCUT2D eigenvalue weighted by Crippen LogP contribution is 2.36. The smallest absolute Gasteiger partial charge is 0.0847 e. The summed E-state index contributed by atoms with van der Waals surface area (Å²) in [6.07, 6.45) is 7.17. The van der Waals surface area contributed by atoms with Crippen LogP contribution in [-0.4, -0.2) is 45.5 Å². The summed E-state index contributed by atoms with van der Waals surface area (Å²) in [5.41, 5.74) is 1.63. The summed E-state index contributed by atoms with van der Waals surface area (Å²) >= 11 is 6.35. The van der Waals surface area contributed by atoms with Crippen LogP contribution in [0.15, 0.2) is 0 Å². The van der Waals surface area contributed by atoms with Crippen LogP contribution in [0, 0.1) is 6.92 Å². The van der Waals surface area contributed by atoms with Crippen molar-refractivity contribution in [1.82, 2.24) is 14.7 Å². The minimum absolute atomic E-state index is 0.141. The molecule has 0 spiro atoms. The van der Waals surface area contributed by atoms with Crippen molar-refractivity contribution in [2.45, 2.75) is 63.5 Å². The fourth-order valence-electron chi connectivity index (χ4n) is 3.69. The Labute approximate surface area is 133 Å². The van der Waals surface area contributed by atoms with Gasteiger partial charge in [0.05, 0.1) is 22.5 Å². The minimum atomic E-state index is -0.419. The number of rotatable bonds is 4. The van der Waals surface area contributed by atoms with Gasteiger partial charge in [-0.05, 0) is 33.9 Å². The quantitative estimate of drug-likeness (QED) is 0.869. The summed E-state index contributed by atoms with van der Waals surface area (Å²) in [5, 5.41) is 16.0. The molecule has 1 N–H and O–H groups in total. The van der Waals surface area contributed by atoms with Crippen molar-refractivity contribution in [2.75, 3.05) is 14.1 Å². The molecule has 0 aliphatic heterocycles. The maximum absolute atomic E-state index is 11.0. The molecule has 0 amide bonds. The maximum atomic E-state index is 11.0. The highest BCUT2D eigenvalue weighted by atomic mass is 35.5. The van der Waals surface area contributed by atoms with Gasteiger partial charge >= 0.3 is 0 Å². The number of aliphatic hydroxyl groups is 1. The van der Waals surface area contributed by atoms with E-state index in [9.17, 15) is 5.11 Å². The average molecular weight is 314 g/mol. The second-order valence-corrected chi connectivity index (χ2v) is 6.98. The normalized spacial score (nSPS) is 20.5. The van der Waals surface area contributed by atoms with Gasteiger partial charge in [0.1, 0.15) is 0 Å². The van der Waals surface area contributed by atoms with Crippen LogP contribution in [-0.2, 0) is 13.5 Å². The minimum Gasteiger partial charge on any atom is -0.391 e. The van der Waals surface area contributed by atoms with Crippen molar-refractivity contribution in [3.8, 4) is 0 Å². The first-order valence-electron chi connectivity index (χ1n) is 7.92. The Morgan fingerprint density at radius 1 is 1.29 bits per heavy atom. The summed E-state index contributed by atoms with van der Waals surface area (Å²) < 4.78 is 1.81. The van der Waals surface area contributed by atoms with Crippen LogP contribution < -0.4 is 0 Å². The van der Waals surface area contributed by atoms with Crippen molar-refractivity contribution in [1.29, 1.82) is 0 Å². The molecule has 0 bridgehead atoms. The first-order valence-corrected chi connectivity index (χ1v) is 8.30. The molecule has 1 unspecified atom stereocenters. The predicted molar refractivity (Wildman–Crippen MR) is 86.8 cm³/mol. The number of halogens is 1. The number of nitrogens with zero attached hydrogens (tertiary/aromatic N) is 3. The van der Waals surface area contributed by atoms with E-state index >= 15 is 0 Å². The van der Waals surface area contributed by atoms with Crippen molar-refractivity contribution >= 4 is 11.6 Å². The second-order valence-electron chi connectivity index (χ2n) is 6.60. The number of aliphatic hydroxyl groups excluding tert-OH is 1. The number of aryl methyl sites for hydroxylation is 2. The molecule has 120 valence electrons. The molecule has 1 heterocycles. The van der Waals surface area contributed by atoms with Crippen LogP contribution in [0.1, 0.15) is 49.9 Å². The van der Waals surface area contributed by atoms with E-state index in [1.165, 1.54) is 25.7 Å². The Morgan fingerprint density at radius 2 is 1.86 bits per heavy atom. The topological polar surface area (TPSA) is 41.3 Å². The zero-order valence-electron chi connectivity index (χ0n) is 13.7. The number of hydrogen-bond acceptors (Lipinski definition) is 3. The summed E-state index contributed by atoms with van der Waals surface area (Å²) in [4.78, 5) is 2.22. The van der Waals surface area contributed by atoms with E-state index in [1.807, 2.05) is 14.0 Å². The lowest BCUT2D eigenvalue weighted by atomic mass is 9.81. The maximum Gasteiger partial charge on any atom is 0.0847 e. The largest absolute Gasteiger partial charge is 0.391 e. The molecule has 2 rings (SSSR count). The molecule has 1 aliphatic rings. The van der Waals surface area contributed by atoms with Crippen LogP contribution >= 0.6 is 11.6 Å². The van der Waals surface area contributed by atoms with Crippen molar-refractivity contribution in [2.24, 2.45) is 7.05 Å². The molecule has 1 aromatic rings. The van der Waals surface area contributed by atoms with Gasteiger partial charge in [-0.25, -0.2) is 0 Å². The molecule has 1 atom stereocenters. The van der Waals surface area contributed by atoms with Crippen molar-refractivity contribution in [3.05, 3.63) is 16.4 Å². The van der Waals surface area contributed by atoms with Crippen molar-refractivity contribution in [3.63, 3.8) is 0 Å². The van der Waals surface area contributed by atoms with Crippen molar-refractivity contribution < 1.29 is 5.11 Å². The lowest BCUT2D eigenvalue weighted by molar-refractivity contribution is -0.0183. The Hall–Kier alpha value is -0.580. The molecule has 21 heavy (non-hydrogen) atoms. The lowest BCUT2D eigenvalue weighted by Crippen LogP contribution is -2.54. The van der Waals surface area contributed by atoms with E-state index < -0.39 is 6.10 Å². The van der Waals surface area contributed by atoms with Gasteiger partial charge in [0.2, 0.25) is 0 Å². The van der Waals surface area contributed by atoms with E-state index in [0.29, 0.717) is 11.4 Å². The van der Waals surface area contributed by atoms with Gasteiger partial charge in [0.15, 0.2) is 0 Å². The van der Waals surface area contributed by atoms with Gasteiger partial charge in [0.25, 0.3) is 0 Å². The first kappa shape index (κ1) is 16.8. The molecule has 0 radical (unpaired) electrons. The van der Waals surface area contributed by atoms with Gasteiger partial charge in [-0.1, -0.05) is 37.3 Å². The Kier molecular flexibility index (Phi) is 5.33. The van der Waals surface area contributed by atoms with Crippen LogP contribution in [0.4, 0.5) is 0 Å². The Bertz CT molecular complexity index is 476. The van der Waals surface area contributed by atoms with Crippen LogP contribution in [0.3, 0.4) is 0 Å².